The maximum absolute atomic E-state index is 12.3. The fourth-order valence-electron chi connectivity index (χ4n) is 2.09. The summed E-state index contributed by atoms with van der Waals surface area (Å²) in [7, 11) is 0. The monoisotopic (exact) mass is 362 g/mol. The van der Waals surface area contributed by atoms with E-state index < -0.39 is 30.2 Å². The van der Waals surface area contributed by atoms with E-state index in [4.69, 9.17) is 26.8 Å². The SMILES string of the molecule is CC(C)(C)C(=O)OCOC(=O)C1=C(CCl)CS[C@@H]2C(N)C(=O)N12. The molecule has 2 N–H and O–H groups in total. The zero-order chi connectivity index (χ0) is 17.4. The molecule has 2 heterocycles. The van der Waals surface area contributed by atoms with Crippen LogP contribution in [0.1, 0.15) is 20.8 Å². The molecule has 2 atom stereocenters. The lowest BCUT2D eigenvalue weighted by molar-refractivity contribution is -0.173. The molecule has 1 amide bonds. The summed E-state index contributed by atoms with van der Waals surface area (Å²) in [6.07, 6.45) is 0. The average molecular weight is 363 g/mol. The molecule has 23 heavy (non-hydrogen) atoms. The molecule has 2 aliphatic rings. The van der Waals surface area contributed by atoms with Crippen molar-refractivity contribution in [3.05, 3.63) is 11.3 Å². The van der Waals surface area contributed by atoms with Crippen LogP contribution in [-0.2, 0) is 23.9 Å². The van der Waals surface area contributed by atoms with Crippen molar-refractivity contribution in [2.75, 3.05) is 18.4 Å². The third-order valence-electron chi connectivity index (χ3n) is 3.44. The first kappa shape index (κ1) is 18.1. The van der Waals surface area contributed by atoms with Crippen LogP contribution in [0.2, 0.25) is 0 Å². The molecule has 0 aromatic heterocycles. The van der Waals surface area contributed by atoms with E-state index in [9.17, 15) is 14.4 Å². The van der Waals surface area contributed by atoms with Crippen molar-refractivity contribution >= 4 is 41.2 Å². The summed E-state index contributed by atoms with van der Waals surface area (Å²) in [5.74, 6) is -0.977. The molecule has 0 aromatic carbocycles. The fourth-order valence-corrected chi connectivity index (χ4v) is 3.72. The minimum Gasteiger partial charge on any atom is -0.427 e. The molecular formula is C14H19ClN2O5S. The number of hydrogen-bond acceptors (Lipinski definition) is 7. The molecule has 9 heteroatoms. The summed E-state index contributed by atoms with van der Waals surface area (Å²) in [6, 6.07) is -0.626. The van der Waals surface area contributed by atoms with E-state index in [1.54, 1.807) is 20.8 Å². The van der Waals surface area contributed by atoms with Crippen LogP contribution in [0.3, 0.4) is 0 Å². The van der Waals surface area contributed by atoms with Gasteiger partial charge < -0.3 is 15.2 Å². The second-order valence-electron chi connectivity index (χ2n) is 6.25. The number of nitrogens with two attached hydrogens (primary N) is 1. The Bertz CT molecular complexity index is 572. The molecule has 0 bridgehead atoms. The van der Waals surface area contributed by atoms with Crippen molar-refractivity contribution in [2.24, 2.45) is 11.1 Å². The topological polar surface area (TPSA) is 98.9 Å². The van der Waals surface area contributed by atoms with E-state index in [0.29, 0.717) is 11.3 Å². The number of amides is 1. The quantitative estimate of drug-likeness (QED) is 0.342. The van der Waals surface area contributed by atoms with Gasteiger partial charge in [0.25, 0.3) is 0 Å². The van der Waals surface area contributed by atoms with Crippen LogP contribution >= 0.6 is 23.4 Å². The van der Waals surface area contributed by atoms with E-state index >= 15 is 0 Å². The number of rotatable bonds is 4. The molecule has 128 valence electrons. The lowest BCUT2D eigenvalue weighted by atomic mass is 9.98. The number of carbonyl (C=O) groups excluding carboxylic acids is 3. The number of halogens is 1. The Hall–Kier alpha value is -1.25. The van der Waals surface area contributed by atoms with Crippen LogP contribution in [0.5, 0.6) is 0 Å². The molecule has 2 aliphatic heterocycles. The largest absolute Gasteiger partial charge is 0.427 e. The highest BCUT2D eigenvalue weighted by molar-refractivity contribution is 8.00. The van der Waals surface area contributed by atoms with Gasteiger partial charge in [-0.1, -0.05) is 0 Å². The summed E-state index contributed by atoms with van der Waals surface area (Å²) in [6.45, 7) is 4.55. The Labute approximate surface area is 143 Å². The summed E-state index contributed by atoms with van der Waals surface area (Å²) < 4.78 is 9.87. The number of ether oxygens (including phenoxy) is 2. The first-order chi connectivity index (χ1) is 10.7. The van der Waals surface area contributed by atoms with Crippen LogP contribution < -0.4 is 5.73 Å². The smallest absolute Gasteiger partial charge is 0.357 e. The predicted molar refractivity (Wildman–Crippen MR) is 85.3 cm³/mol. The van der Waals surface area contributed by atoms with E-state index in [1.165, 1.54) is 16.7 Å². The predicted octanol–water partition coefficient (Wildman–Crippen LogP) is 0.812. The molecule has 0 radical (unpaired) electrons. The second kappa shape index (κ2) is 6.70. The molecule has 7 nitrogen and oxygen atoms in total. The Kier molecular flexibility index (Phi) is 5.27. The van der Waals surface area contributed by atoms with Gasteiger partial charge in [0, 0.05) is 11.6 Å². The number of nitrogens with zero attached hydrogens (tertiary/aromatic N) is 1. The normalized spacial score (nSPS) is 24.0. The van der Waals surface area contributed by atoms with Crippen molar-refractivity contribution in [3.8, 4) is 0 Å². The number of alkyl halides is 1. The first-order valence-corrected chi connectivity index (χ1v) is 8.59. The zero-order valence-electron chi connectivity index (χ0n) is 13.1. The van der Waals surface area contributed by atoms with Crippen molar-refractivity contribution < 1.29 is 23.9 Å². The molecule has 0 aromatic rings. The number of carbonyl (C=O) groups is 3. The van der Waals surface area contributed by atoms with Gasteiger partial charge in [0.05, 0.1) is 5.41 Å². The van der Waals surface area contributed by atoms with Gasteiger partial charge in [-0.2, -0.15) is 0 Å². The van der Waals surface area contributed by atoms with Crippen LogP contribution in [0.4, 0.5) is 0 Å². The maximum Gasteiger partial charge on any atom is 0.357 e. The third kappa shape index (κ3) is 3.49. The Morgan fingerprint density at radius 3 is 2.61 bits per heavy atom. The van der Waals surface area contributed by atoms with E-state index in [-0.39, 0.29) is 22.9 Å². The highest BCUT2D eigenvalue weighted by Crippen LogP contribution is 2.39. The van der Waals surface area contributed by atoms with Crippen molar-refractivity contribution in [1.82, 2.24) is 4.90 Å². The zero-order valence-corrected chi connectivity index (χ0v) is 14.7. The average Bonchev–Trinajstić information content (AvgIpc) is 2.51. The summed E-state index contributed by atoms with van der Waals surface area (Å²) in [5, 5.41) is -0.283. The molecule has 1 fully saturated rings. The van der Waals surface area contributed by atoms with E-state index in [1.807, 2.05) is 0 Å². The number of fused-ring (bicyclic) bond motifs is 1. The summed E-state index contributed by atoms with van der Waals surface area (Å²) in [4.78, 5) is 37.1. The Morgan fingerprint density at radius 1 is 1.39 bits per heavy atom. The van der Waals surface area contributed by atoms with Gasteiger partial charge in [0.1, 0.15) is 17.1 Å². The maximum atomic E-state index is 12.3. The van der Waals surface area contributed by atoms with Crippen molar-refractivity contribution in [1.29, 1.82) is 0 Å². The van der Waals surface area contributed by atoms with Crippen molar-refractivity contribution in [2.45, 2.75) is 32.2 Å². The standard InChI is InChI=1S/C14H19ClN2O5S/c1-14(2,3)13(20)22-6-21-12(19)9-7(4-15)5-23-11-8(16)10(18)17(9)11/h8,11H,4-6,16H2,1-3H3/t8?,11-/m1/s1. The molecule has 2 rings (SSSR count). The van der Waals surface area contributed by atoms with Crippen LogP contribution in [0.25, 0.3) is 0 Å². The molecular weight excluding hydrogens is 344 g/mol. The molecule has 0 aliphatic carbocycles. The summed E-state index contributed by atoms with van der Waals surface area (Å²) in [5.41, 5.74) is 5.74. The second-order valence-corrected chi connectivity index (χ2v) is 7.63. The lowest BCUT2D eigenvalue weighted by Crippen LogP contribution is -2.68. The van der Waals surface area contributed by atoms with Crippen LogP contribution in [-0.4, -0.2) is 52.6 Å². The molecule has 1 saturated heterocycles. The molecule has 0 spiro atoms. The number of esters is 2. The first-order valence-electron chi connectivity index (χ1n) is 7.01. The van der Waals surface area contributed by atoms with Gasteiger partial charge in [-0.3, -0.25) is 14.5 Å². The van der Waals surface area contributed by atoms with Gasteiger partial charge >= 0.3 is 11.9 Å². The Balaban J connectivity index is 2.03. The minimum absolute atomic E-state index is 0.102. The van der Waals surface area contributed by atoms with Gasteiger partial charge in [-0.05, 0) is 26.3 Å². The van der Waals surface area contributed by atoms with Crippen molar-refractivity contribution in [3.63, 3.8) is 0 Å². The van der Waals surface area contributed by atoms with Gasteiger partial charge in [0.2, 0.25) is 12.7 Å². The number of thioether (sulfide) groups is 1. The van der Waals surface area contributed by atoms with Crippen LogP contribution in [0.15, 0.2) is 11.3 Å². The minimum atomic E-state index is -0.743. The molecule has 1 unspecified atom stereocenters. The van der Waals surface area contributed by atoms with Gasteiger partial charge in [-0.25, -0.2) is 4.79 Å². The number of hydrogen-bond donors (Lipinski definition) is 1. The summed E-state index contributed by atoms with van der Waals surface area (Å²) >= 11 is 7.31. The lowest BCUT2D eigenvalue weighted by Gasteiger charge is -2.48. The number of β-lactam (4-membered cyclic amide) rings is 1. The van der Waals surface area contributed by atoms with Crippen LogP contribution in [0, 0.1) is 5.41 Å². The highest BCUT2D eigenvalue weighted by atomic mass is 35.5. The Morgan fingerprint density at radius 2 is 2.04 bits per heavy atom. The van der Waals surface area contributed by atoms with E-state index in [2.05, 4.69) is 0 Å². The third-order valence-corrected chi connectivity index (χ3v) is 5.12. The highest BCUT2D eigenvalue weighted by Gasteiger charge is 2.51. The van der Waals surface area contributed by atoms with E-state index in [0.717, 1.165) is 0 Å². The van der Waals surface area contributed by atoms with Gasteiger partial charge in [0.15, 0.2) is 0 Å². The van der Waals surface area contributed by atoms with Gasteiger partial charge in [-0.15, -0.1) is 23.4 Å². The fraction of sp³-hybridized carbons (Fsp3) is 0.643. The molecule has 0 saturated carbocycles.